The highest BCUT2D eigenvalue weighted by atomic mass is 35.5. The lowest BCUT2D eigenvalue weighted by molar-refractivity contribution is -0.143. The van der Waals surface area contributed by atoms with E-state index in [0.717, 1.165) is 18.5 Å². The quantitative estimate of drug-likeness (QED) is 0.807. The van der Waals surface area contributed by atoms with Crippen LogP contribution < -0.4 is 0 Å². The molecule has 0 atom stereocenters. The number of carbonyl (C=O) groups is 1. The number of benzene rings is 1. The zero-order valence-electron chi connectivity index (χ0n) is 10.3. The lowest BCUT2D eigenvalue weighted by Gasteiger charge is -2.07. The zero-order valence-corrected chi connectivity index (χ0v) is 11.1. The summed E-state index contributed by atoms with van der Waals surface area (Å²) in [7, 11) is 1.39. The predicted molar refractivity (Wildman–Crippen MR) is 69.3 cm³/mol. The predicted octanol–water partition coefficient (Wildman–Crippen LogP) is 2.13. The van der Waals surface area contributed by atoms with Crippen LogP contribution in [0.2, 0.25) is 5.02 Å². The van der Waals surface area contributed by atoms with Crippen molar-refractivity contribution in [3.8, 4) is 5.69 Å². The summed E-state index contributed by atoms with van der Waals surface area (Å²) in [5, 5.41) is 8.82. The molecule has 0 aliphatic heterocycles. The topological polar surface area (TPSA) is 57.0 Å². The third-order valence-corrected chi connectivity index (χ3v) is 3.65. The maximum Gasteiger partial charge on any atom is 0.318 e. The van der Waals surface area contributed by atoms with Crippen LogP contribution in [-0.2, 0) is 14.9 Å². The van der Waals surface area contributed by atoms with Crippen LogP contribution in [0.25, 0.3) is 5.69 Å². The normalized spacial score (nSPS) is 16.1. The molecule has 0 unspecified atom stereocenters. The first-order valence-corrected chi connectivity index (χ1v) is 6.31. The van der Waals surface area contributed by atoms with Crippen LogP contribution >= 0.6 is 11.6 Å². The molecule has 1 aliphatic carbocycles. The Labute approximate surface area is 115 Å². The van der Waals surface area contributed by atoms with Crippen molar-refractivity contribution in [2.24, 2.45) is 0 Å². The Balaban J connectivity index is 1.92. The van der Waals surface area contributed by atoms with Gasteiger partial charge in [-0.1, -0.05) is 16.8 Å². The molecule has 0 bridgehead atoms. The molecule has 0 amide bonds. The summed E-state index contributed by atoms with van der Waals surface area (Å²) in [6.45, 7) is 0. The highest BCUT2D eigenvalue weighted by Gasteiger charge is 2.54. The Hall–Kier alpha value is -1.88. The molecular weight excluding hydrogens is 266 g/mol. The van der Waals surface area contributed by atoms with Gasteiger partial charge in [-0.25, -0.2) is 4.68 Å². The van der Waals surface area contributed by atoms with Gasteiger partial charge >= 0.3 is 5.97 Å². The maximum atomic E-state index is 11.8. The first kappa shape index (κ1) is 12.2. The van der Waals surface area contributed by atoms with Crippen molar-refractivity contribution >= 4 is 17.6 Å². The number of hydrogen-bond acceptors (Lipinski definition) is 4. The highest BCUT2D eigenvalue weighted by molar-refractivity contribution is 6.30. The zero-order chi connectivity index (χ0) is 13.5. The second kappa shape index (κ2) is 4.35. The molecule has 1 aliphatic rings. The summed E-state index contributed by atoms with van der Waals surface area (Å²) >= 11 is 5.84. The molecule has 1 fully saturated rings. The van der Waals surface area contributed by atoms with Crippen LogP contribution in [0.5, 0.6) is 0 Å². The van der Waals surface area contributed by atoms with Gasteiger partial charge in [0.15, 0.2) is 0 Å². The van der Waals surface area contributed by atoms with E-state index in [4.69, 9.17) is 16.3 Å². The van der Waals surface area contributed by atoms with Crippen LogP contribution in [-0.4, -0.2) is 28.1 Å². The fourth-order valence-electron chi connectivity index (χ4n) is 2.09. The fourth-order valence-corrected chi connectivity index (χ4v) is 2.21. The SMILES string of the molecule is COC(=O)C1(c2cn(-c3ccc(Cl)cc3)nn2)CC1. The van der Waals surface area contributed by atoms with Crippen LogP contribution in [0, 0.1) is 0 Å². The fraction of sp³-hybridized carbons (Fsp3) is 0.308. The highest BCUT2D eigenvalue weighted by Crippen LogP contribution is 2.48. The summed E-state index contributed by atoms with van der Waals surface area (Å²) in [4.78, 5) is 11.8. The first-order valence-electron chi connectivity index (χ1n) is 5.93. The molecule has 1 aromatic carbocycles. The van der Waals surface area contributed by atoms with E-state index in [-0.39, 0.29) is 5.97 Å². The molecule has 3 rings (SSSR count). The molecule has 0 spiro atoms. The standard InChI is InChI=1S/C13H12ClN3O2/c1-19-12(18)13(6-7-13)11-8-17(16-15-11)10-4-2-9(14)3-5-10/h2-5,8H,6-7H2,1H3. The smallest absolute Gasteiger partial charge is 0.318 e. The molecular formula is C13H12ClN3O2. The Morgan fingerprint density at radius 2 is 2.05 bits per heavy atom. The van der Waals surface area contributed by atoms with Crippen LogP contribution in [0.3, 0.4) is 0 Å². The van der Waals surface area contributed by atoms with Gasteiger partial charge in [-0.3, -0.25) is 4.79 Å². The number of nitrogens with zero attached hydrogens (tertiary/aromatic N) is 3. The minimum atomic E-state index is -0.584. The number of aromatic nitrogens is 3. The lowest BCUT2D eigenvalue weighted by Crippen LogP contribution is -2.22. The summed E-state index contributed by atoms with van der Waals surface area (Å²) in [6.07, 6.45) is 3.30. The number of halogens is 1. The van der Waals surface area contributed by atoms with Gasteiger partial charge in [-0.05, 0) is 37.1 Å². The Kier molecular flexibility index (Phi) is 2.78. The van der Waals surface area contributed by atoms with E-state index in [1.165, 1.54) is 7.11 Å². The Morgan fingerprint density at radius 3 is 2.63 bits per heavy atom. The van der Waals surface area contributed by atoms with E-state index in [2.05, 4.69) is 10.3 Å². The van der Waals surface area contributed by atoms with E-state index >= 15 is 0 Å². The van der Waals surface area contributed by atoms with Crippen LogP contribution in [0.4, 0.5) is 0 Å². The average molecular weight is 278 g/mol. The van der Waals surface area contributed by atoms with Crippen molar-refractivity contribution < 1.29 is 9.53 Å². The Morgan fingerprint density at radius 1 is 1.37 bits per heavy atom. The van der Waals surface area contributed by atoms with Crippen LogP contribution in [0.15, 0.2) is 30.5 Å². The summed E-state index contributed by atoms with van der Waals surface area (Å²) in [5.74, 6) is -0.240. The first-order chi connectivity index (χ1) is 9.15. The third kappa shape index (κ3) is 2.00. The van der Waals surface area contributed by atoms with Crippen molar-refractivity contribution in [1.82, 2.24) is 15.0 Å². The number of hydrogen-bond donors (Lipinski definition) is 0. The van der Waals surface area contributed by atoms with Crippen molar-refractivity contribution in [3.05, 3.63) is 41.2 Å². The van der Waals surface area contributed by atoms with Gasteiger partial charge < -0.3 is 4.74 Å². The van der Waals surface area contributed by atoms with Gasteiger partial charge in [-0.15, -0.1) is 5.10 Å². The van der Waals surface area contributed by atoms with Gasteiger partial charge in [0.2, 0.25) is 0 Å². The summed E-state index contributed by atoms with van der Waals surface area (Å²) in [5.41, 5.74) is 0.928. The van der Waals surface area contributed by atoms with Gasteiger partial charge in [0.25, 0.3) is 0 Å². The number of methoxy groups -OCH3 is 1. The third-order valence-electron chi connectivity index (χ3n) is 3.40. The largest absolute Gasteiger partial charge is 0.468 e. The minimum absolute atomic E-state index is 0.240. The second-order valence-corrected chi connectivity index (χ2v) is 5.03. The van der Waals surface area contributed by atoms with Crippen LogP contribution in [0.1, 0.15) is 18.5 Å². The molecule has 0 N–H and O–H groups in total. The average Bonchev–Trinajstić information content (AvgIpc) is 3.10. The molecule has 1 heterocycles. The maximum absolute atomic E-state index is 11.8. The van der Waals surface area contributed by atoms with E-state index < -0.39 is 5.41 Å². The molecule has 1 saturated carbocycles. The molecule has 19 heavy (non-hydrogen) atoms. The molecule has 0 radical (unpaired) electrons. The molecule has 5 nitrogen and oxygen atoms in total. The molecule has 6 heteroatoms. The van der Waals surface area contributed by atoms with Gasteiger partial charge in [-0.2, -0.15) is 0 Å². The molecule has 0 saturated heterocycles. The molecule has 1 aromatic heterocycles. The summed E-state index contributed by atoms with van der Waals surface area (Å²) < 4.78 is 6.46. The molecule has 98 valence electrons. The van der Waals surface area contributed by atoms with Gasteiger partial charge in [0.1, 0.15) is 11.1 Å². The van der Waals surface area contributed by atoms with E-state index in [1.807, 2.05) is 12.1 Å². The second-order valence-electron chi connectivity index (χ2n) is 4.60. The van der Waals surface area contributed by atoms with E-state index in [1.54, 1.807) is 23.0 Å². The van der Waals surface area contributed by atoms with Crippen molar-refractivity contribution in [2.75, 3.05) is 7.11 Å². The van der Waals surface area contributed by atoms with Crippen molar-refractivity contribution in [3.63, 3.8) is 0 Å². The Bertz CT molecular complexity index is 617. The monoisotopic (exact) mass is 277 g/mol. The van der Waals surface area contributed by atoms with E-state index in [0.29, 0.717) is 10.7 Å². The van der Waals surface area contributed by atoms with E-state index in [9.17, 15) is 4.79 Å². The van der Waals surface area contributed by atoms with Crippen molar-refractivity contribution in [2.45, 2.75) is 18.3 Å². The summed E-state index contributed by atoms with van der Waals surface area (Å²) in [6, 6.07) is 7.26. The number of ether oxygens (including phenoxy) is 1. The number of carbonyl (C=O) groups excluding carboxylic acids is 1. The molecule has 2 aromatic rings. The number of rotatable bonds is 3. The lowest BCUT2D eigenvalue weighted by atomic mass is 10.0. The number of esters is 1. The van der Waals surface area contributed by atoms with Crippen molar-refractivity contribution in [1.29, 1.82) is 0 Å². The van der Waals surface area contributed by atoms with Gasteiger partial charge in [0, 0.05) is 5.02 Å². The minimum Gasteiger partial charge on any atom is -0.468 e. The van der Waals surface area contributed by atoms with Gasteiger partial charge in [0.05, 0.1) is 19.0 Å².